The highest BCUT2D eigenvalue weighted by molar-refractivity contribution is 6.30. The minimum atomic E-state index is -0.0924. The number of rotatable bonds is 4. The van der Waals surface area contributed by atoms with Crippen molar-refractivity contribution >= 4 is 17.6 Å². The minimum Gasteiger partial charge on any atom is -0.471 e. The summed E-state index contributed by atoms with van der Waals surface area (Å²) in [4.78, 5) is 22.0. The van der Waals surface area contributed by atoms with Crippen LogP contribution in [0.5, 0.6) is 5.88 Å². The van der Waals surface area contributed by atoms with E-state index in [4.69, 9.17) is 16.3 Å². The smallest absolute Gasteiger partial charge is 0.317 e. The molecule has 7 heteroatoms. The van der Waals surface area contributed by atoms with Gasteiger partial charge in [0.05, 0.1) is 12.7 Å². The maximum atomic E-state index is 12.2. The van der Waals surface area contributed by atoms with Crippen molar-refractivity contribution < 1.29 is 9.53 Å². The van der Waals surface area contributed by atoms with E-state index in [9.17, 15) is 4.79 Å². The van der Waals surface area contributed by atoms with Crippen LogP contribution in [0.2, 0.25) is 5.02 Å². The van der Waals surface area contributed by atoms with Gasteiger partial charge in [0.2, 0.25) is 5.88 Å². The number of ether oxygens (including phenoxy) is 1. The summed E-state index contributed by atoms with van der Waals surface area (Å²) in [5.74, 6) is 0.487. The number of benzene rings is 1. The molecule has 1 aromatic carbocycles. The molecule has 1 unspecified atom stereocenters. The maximum absolute atomic E-state index is 12.2. The van der Waals surface area contributed by atoms with E-state index in [1.165, 1.54) is 0 Å². The summed E-state index contributed by atoms with van der Waals surface area (Å²) in [6.07, 6.45) is 5.49. The Morgan fingerprint density at radius 1 is 1.35 bits per heavy atom. The fourth-order valence-electron chi connectivity index (χ4n) is 2.42. The van der Waals surface area contributed by atoms with Gasteiger partial charge in [0.1, 0.15) is 6.10 Å². The topological polar surface area (TPSA) is 67.4 Å². The molecule has 0 aliphatic carbocycles. The largest absolute Gasteiger partial charge is 0.471 e. The summed E-state index contributed by atoms with van der Waals surface area (Å²) >= 11 is 5.84. The van der Waals surface area contributed by atoms with Gasteiger partial charge in [-0.1, -0.05) is 23.7 Å². The molecule has 6 nitrogen and oxygen atoms in total. The average Bonchev–Trinajstić information content (AvgIpc) is 3.03. The molecule has 1 N–H and O–H groups in total. The number of amides is 2. The normalized spacial score (nSPS) is 17.1. The maximum Gasteiger partial charge on any atom is 0.317 e. The van der Waals surface area contributed by atoms with E-state index in [0.29, 0.717) is 30.5 Å². The van der Waals surface area contributed by atoms with Gasteiger partial charge in [0.15, 0.2) is 0 Å². The number of hydrogen-bond acceptors (Lipinski definition) is 4. The summed E-state index contributed by atoms with van der Waals surface area (Å²) in [7, 11) is 0. The van der Waals surface area contributed by atoms with Crippen LogP contribution in [-0.4, -0.2) is 40.1 Å². The Bertz CT molecular complexity index is 651. The van der Waals surface area contributed by atoms with Crippen LogP contribution in [0.4, 0.5) is 4.79 Å². The third kappa shape index (κ3) is 4.32. The van der Waals surface area contributed by atoms with Crippen LogP contribution < -0.4 is 10.1 Å². The molecule has 1 fully saturated rings. The lowest BCUT2D eigenvalue weighted by atomic mass is 10.2. The van der Waals surface area contributed by atoms with Gasteiger partial charge in [-0.25, -0.2) is 9.78 Å². The fraction of sp³-hybridized carbons (Fsp3) is 0.312. The van der Waals surface area contributed by atoms with Crippen molar-refractivity contribution in [3.8, 4) is 5.88 Å². The van der Waals surface area contributed by atoms with E-state index in [1.54, 1.807) is 23.5 Å². The summed E-state index contributed by atoms with van der Waals surface area (Å²) in [6, 6.07) is 7.32. The van der Waals surface area contributed by atoms with Gasteiger partial charge in [0, 0.05) is 36.9 Å². The first-order chi connectivity index (χ1) is 11.2. The van der Waals surface area contributed by atoms with Crippen LogP contribution in [-0.2, 0) is 6.54 Å². The van der Waals surface area contributed by atoms with E-state index in [1.807, 2.05) is 24.3 Å². The van der Waals surface area contributed by atoms with Crippen LogP contribution in [0.15, 0.2) is 42.9 Å². The predicted octanol–water partition coefficient (Wildman–Crippen LogP) is 2.49. The lowest BCUT2D eigenvalue weighted by Gasteiger charge is -2.17. The lowest BCUT2D eigenvalue weighted by Crippen LogP contribution is -2.39. The number of aromatic nitrogens is 2. The summed E-state index contributed by atoms with van der Waals surface area (Å²) in [6.45, 7) is 1.68. The highest BCUT2D eigenvalue weighted by Gasteiger charge is 2.27. The van der Waals surface area contributed by atoms with E-state index in [-0.39, 0.29) is 12.1 Å². The van der Waals surface area contributed by atoms with Crippen LogP contribution in [0, 0.1) is 0 Å². The molecule has 1 saturated heterocycles. The lowest BCUT2D eigenvalue weighted by molar-refractivity contribution is 0.182. The molecule has 23 heavy (non-hydrogen) atoms. The van der Waals surface area contributed by atoms with Gasteiger partial charge in [-0.3, -0.25) is 4.98 Å². The molecule has 0 bridgehead atoms. The van der Waals surface area contributed by atoms with Gasteiger partial charge in [-0.05, 0) is 17.7 Å². The molecule has 3 rings (SSSR count). The number of likely N-dealkylation sites (tertiary alicyclic amines) is 1. The van der Waals surface area contributed by atoms with Gasteiger partial charge >= 0.3 is 6.03 Å². The highest BCUT2D eigenvalue weighted by Crippen LogP contribution is 2.16. The summed E-state index contributed by atoms with van der Waals surface area (Å²) in [5, 5.41) is 3.59. The second kappa shape index (κ2) is 7.28. The number of hydrogen-bond donors (Lipinski definition) is 1. The second-order valence-electron chi connectivity index (χ2n) is 5.30. The van der Waals surface area contributed by atoms with Crippen molar-refractivity contribution in [2.75, 3.05) is 13.1 Å². The molecule has 0 saturated carbocycles. The average molecular weight is 333 g/mol. The molecule has 1 atom stereocenters. The third-order valence-electron chi connectivity index (χ3n) is 3.62. The SMILES string of the molecule is O=C(NCc1ccc(Cl)cc1)N1CCC(Oc2cnccn2)C1. The molecule has 2 aromatic rings. The molecule has 1 aromatic heterocycles. The first-order valence-electron chi connectivity index (χ1n) is 7.40. The zero-order valence-electron chi connectivity index (χ0n) is 12.5. The molecular formula is C16H17ClN4O2. The van der Waals surface area contributed by atoms with E-state index >= 15 is 0 Å². The van der Waals surface area contributed by atoms with Gasteiger partial charge in [-0.2, -0.15) is 0 Å². The highest BCUT2D eigenvalue weighted by atomic mass is 35.5. The molecule has 1 aliphatic heterocycles. The standard InChI is InChI=1S/C16H17ClN4O2/c17-13-3-1-12(2-4-13)9-20-16(22)21-8-5-14(11-21)23-15-10-18-6-7-19-15/h1-4,6-7,10,14H,5,8-9,11H2,(H,20,22). The minimum absolute atomic E-state index is 0.0482. The Morgan fingerprint density at radius 2 is 2.17 bits per heavy atom. The first kappa shape index (κ1) is 15.6. The number of nitrogens with zero attached hydrogens (tertiary/aromatic N) is 3. The molecule has 120 valence electrons. The molecule has 0 spiro atoms. The van der Waals surface area contributed by atoms with E-state index in [2.05, 4.69) is 15.3 Å². The Balaban J connectivity index is 1.46. The second-order valence-corrected chi connectivity index (χ2v) is 5.74. The number of carbonyl (C=O) groups is 1. The molecule has 2 heterocycles. The van der Waals surface area contributed by atoms with Crippen LogP contribution in [0.3, 0.4) is 0 Å². The number of carbonyl (C=O) groups excluding carboxylic acids is 1. The van der Waals surface area contributed by atoms with Gasteiger partial charge < -0.3 is 15.0 Å². The van der Waals surface area contributed by atoms with Crippen molar-refractivity contribution in [2.24, 2.45) is 0 Å². The van der Waals surface area contributed by atoms with Crippen molar-refractivity contribution in [1.82, 2.24) is 20.2 Å². The van der Waals surface area contributed by atoms with E-state index < -0.39 is 0 Å². The fourth-order valence-corrected chi connectivity index (χ4v) is 2.54. The molecular weight excluding hydrogens is 316 g/mol. The van der Waals surface area contributed by atoms with Crippen LogP contribution in [0.25, 0.3) is 0 Å². The summed E-state index contributed by atoms with van der Waals surface area (Å²) < 4.78 is 5.72. The quantitative estimate of drug-likeness (QED) is 0.934. The van der Waals surface area contributed by atoms with Crippen LogP contribution in [0.1, 0.15) is 12.0 Å². The molecule has 1 aliphatic rings. The Morgan fingerprint density at radius 3 is 2.91 bits per heavy atom. The van der Waals surface area contributed by atoms with Crippen LogP contribution >= 0.6 is 11.6 Å². The zero-order chi connectivity index (χ0) is 16.1. The van der Waals surface area contributed by atoms with Crippen molar-refractivity contribution in [3.63, 3.8) is 0 Å². The Labute approximate surface area is 139 Å². The number of halogens is 1. The van der Waals surface area contributed by atoms with Gasteiger partial charge in [-0.15, -0.1) is 0 Å². The number of nitrogens with one attached hydrogen (secondary N) is 1. The van der Waals surface area contributed by atoms with Crippen molar-refractivity contribution in [3.05, 3.63) is 53.4 Å². The summed E-state index contributed by atoms with van der Waals surface area (Å²) in [5.41, 5.74) is 1.01. The Hall–Kier alpha value is -2.34. The van der Waals surface area contributed by atoms with E-state index in [0.717, 1.165) is 12.0 Å². The third-order valence-corrected chi connectivity index (χ3v) is 3.87. The van der Waals surface area contributed by atoms with Crippen molar-refractivity contribution in [1.29, 1.82) is 0 Å². The first-order valence-corrected chi connectivity index (χ1v) is 7.78. The molecule has 0 radical (unpaired) electrons. The number of urea groups is 1. The Kier molecular flexibility index (Phi) is 4.92. The molecule has 2 amide bonds. The van der Waals surface area contributed by atoms with Gasteiger partial charge in [0.25, 0.3) is 0 Å². The predicted molar refractivity (Wildman–Crippen MR) is 86.3 cm³/mol. The van der Waals surface area contributed by atoms with Crippen molar-refractivity contribution in [2.45, 2.75) is 19.1 Å². The monoisotopic (exact) mass is 332 g/mol. The zero-order valence-corrected chi connectivity index (χ0v) is 13.2.